The molecular formula is C15H20BrClN2O. The highest BCUT2D eigenvalue weighted by atomic mass is 79.9. The number of carbonyl (C=O) groups is 1. The molecule has 0 unspecified atom stereocenters. The van der Waals surface area contributed by atoms with Crippen LogP contribution in [0.3, 0.4) is 0 Å². The summed E-state index contributed by atoms with van der Waals surface area (Å²) in [7, 11) is 0. The Morgan fingerprint density at radius 2 is 2.30 bits per heavy atom. The number of rotatable bonds is 4. The van der Waals surface area contributed by atoms with Gasteiger partial charge in [0.2, 0.25) is 0 Å². The summed E-state index contributed by atoms with van der Waals surface area (Å²) >= 11 is 9.42. The Morgan fingerprint density at radius 1 is 1.55 bits per heavy atom. The Morgan fingerprint density at radius 3 is 2.95 bits per heavy atom. The number of hydrogen-bond acceptors (Lipinski definition) is 2. The number of nitrogens with one attached hydrogen (secondary N) is 1. The minimum absolute atomic E-state index is 0.0979. The molecule has 1 heterocycles. The fourth-order valence-corrected chi connectivity index (χ4v) is 3.07. The van der Waals surface area contributed by atoms with Gasteiger partial charge in [-0.05, 0) is 50.9 Å². The number of nitrogens with zero attached hydrogens (tertiary/aromatic N) is 1. The van der Waals surface area contributed by atoms with Crippen LogP contribution in [0.1, 0.15) is 30.6 Å². The van der Waals surface area contributed by atoms with Crippen LogP contribution in [-0.2, 0) is 0 Å². The molecule has 1 aromatic rings. The Labute approximate surface area is 133 Å². The first kappa shape index (κ1) is 15.8. The highest BCUT2D eigenvalue weighted by Gasteiger charge is 2.24. The summed E-state index contributed by atoms with van der Waals surface area (Å²) < 4.78 is 0.860. The second kappa shape index (κ2) is 6.92. The van der Waals surface area contributed by atoms with E-state index in [1.807, 2.05) is 6.07 Å². The van der Waals surface area contributed by atoms with Crippen molar-refractivity contribution in [2.75, 3.05) is 19.6 Å². The van der Waals surface area contributed by atoms with Crippen molar-refractivity contribution in [3.05, 3.63) is 33.3 Å². The number of carbonyl (C=O) groups excluding carboxylic acids is 1. The molecule has 1 atom stereocenters. The SMILES string of the molecule is CC(C)N1CC[C@H](CNC(=O)c2cc(Br)ccc2Cl)C1. The third-order valence-electron chi connectivity index (χ3n) is 3.77. The fraction of sp³-hybridized carbons (Fsp3) is 0.533. The summed E-state index contributed by atoms with van der Waals surface area (Å²) in [4.78, 5) is 14.6. The van der Waals surface area contributed by atoms with Crippen molar-refractivity contribution in [3.63, 3.8) is 0 Å². The van der Waals surface area contributed by atoms with Gasteiger partial charge in [0.15, 0.2) is 0 Å². The molecule has 20 heavy (non-hydrogen) atoms. The first-order valence-corrected chi connectivity index (χ1v) is 8.11. The number of halogens is 2. The molecule has 1 aliphatic rings. The molecule has 1 fully saturated rings. The molecule has 1 aromatic carbocycles. The summed E-state index contributed by atoms with van der Waals surface area (Å²) in [5, 5.41) is 3.48. The molecule has 0 saturated carbocycles. The van der Waals surface area contributed by atoms with Crippen LogP contribution in [0.25, 0.3) is 0 Å². The summed E-state index contributed by atoms with van der Waals surface area (Å²) in [6.07, 6.45) is 1.14. The normalized spacial score (nSPS) is 19.6. The van der Waals surface area contributed by atoms with E-state index in [0.29, 0.717) is 29.1 Å². The minimum atomic E-state index is -0.0979. The topological polar surface area (TPSA) is 32.3 Å². The molecule has 0 bridgehead atoms. The van der Waals surface area contributed by atoms with Gasteiger partial charge in [0.1, 0.15) is 0 Å². The highest BCUT2D eigenvalue weighted by Crippen LogP contribution is 2.21. The van der Waals surface area contributed by atoms with Crippen molar-refractivity contribution in [3.8, 4) is 0 Å². The van der Waals surface area contributed by atoms with Crippen molar-refractivity contribution in [2.24, 2.45) is 5.92 Å². The summed E-state index contributed by atoms with van der Waals surface area (Å²) in [5.41, 5.74) is 0.528. The van der Waals surface area contributed by atoms with E-state index < -0.39 is 0 Å². The van der Waals surface area contributed by atoms with Gasteiger partial charge < -0.3 is 10.2 Å². The average molecular weight is 360 g/mol. The maximum atomic E-state index is 12.2. The van der Waals surface area contributed by atoms with Gasteiger partial charge in [-0.1, -0.05) is 27.5 Å². The van der Waals surface area contributed by atoms with Crippen LogP contribution in [0.2, 0.25) is 5.02 Å². The zero-order valence-corrected chi connectivity index (χ0v) is 14.2. The Bertz CT molecular complexity index is 493. The molecule has 1 aliphatic heterocycles. The van der Waals surface area contributed by atoms with E-state index in [1.165, 1.54) is 0 Å². The molecule has 0 radical (unpaired) electrons. The summed E-state index contributed by atoms with van der Waals surface area (Å²) in [6, 6.07) is 5.90. The summed E-state index contributed by atoms with van der Waals surface area (Å²) in [5.74, 6) is 0.437. The maximum Gasteiger partial charge on any atom is 0.252 e. The number of benzene rings is 1. The largest absolute Gasteiger partial charge is 0.352 e. The van der Waals surface area contributed by atoms with Gasteiger partial charge >= 0.3 is 0 Å². The van der Waals surface area contributed by atoms with E-state index >= 15 is 0 Å². The lowest BCUT2D eigenvalue weighted by Gasteiger charge is -2.20. The second-order valence-corrected chi connectivity index (χ2v) is 6.90. The van der Waals surface area contributed by atoms with Gasteiger partial charge in [-0.15, -0.1) is 0 Å². The Balaban J connectivity index is 1.88. The van der Waals surface area contributed by atoms with E-state index in [2.05, 4.69) is 40.0 Å². The quantitative estimate of drug-likeness (QED) is 0.891. The van der Waals surface area contributed by atoms with Gasteiger partial charge in [-0.3, -0.25) is 4.79 Å². The molecule has 1 saturated heterocycles. The van der Waals surface area contributed by atoms with Crippen LogP contribution in [0.15, 0.2) is 22.7 Å². The first-order chi connectivity index (χ1) is 9.47. The van der Waals surface area contributed by atoms with Crippen LogP contribution in [0.5, 0.6) is 0 Å². The van der Waals surface area contributed by atoms with Crippen molar-refractivity contribution < 1.29 is 4.79 Å². The minimum Gasteiger partial charge on any atom is -0.352 e. The highest BCUT2D eigenvalue weighted by molar-refractivity contribution is 9.10. The smallest absolute Gasteiger partial charge is 0.252 e. The zero-order valence-electron chi connectivity index (χ0n) is 11.8. The van der Waals surface area contributed by atoms with E-state index in [1.54, 1.807) is 12.1 Å². The molecule has 5 heteroatoms. The lowest BCUT2D eigenvalue weighted by Crippen LogP contribution is -2.33. The van der Waals surface area contributed by atoms with Crippen LogP contribution >= 0.6 is 27.5 Å². The molecule has 3 nitrogen and oxygen atoms in total. The molecular weight excluding hydrogens is 340 g/mol. The predicted molar refractivity (Wildman–Crippen MR) is 86.3 cm³/mol. The second-order valence-electron chi connectivity index (χ2n) is 5.58. The third-order valence-corrected chi connectivity index (χ3v) is 4.59. The Kier molecular flexibility index (Phi) is 5.47. The number of hydrogen-bond donors (Lipinski definition) is 1. The van der Waals surface area contributed by atoms with Crippen molar-refractivity contribution in [1.29, 1.82) is 0 Å². The van der Waals surface area contributed by atoms with E-state index in [4.69, 9.17) is 11.6 Å². The molecule has 0 aromatic heterocycles. The maximum absolute atomic E-state index is 12.2. The van der Waals surface area contributed by atoms with Gasteiger partial charge in [-0.2, -0.15) is 0 Å². The van der Waals surface area contributed by atoms with Crippen LogP contribution < -0.4 is 5.32 Å². The van der Waals surface area contributed by atoms with E-state index in [-0.39, 0.29) is 5.91 Å². The molecule has 2 rings (SSSR count). The predicted octanol–water partition coefficient (Wildman–Crippen LogP) is 3.56. The monoisotopic (exact) mass is 358 g/mol. The van der Waals surface area contributed by atoms with Crippen LogP contribution in [0.4, 0.5) is 0 Å². The molecule has 1 amide bonds. The molecule has 0 spiro atoms. The van der Waals surface area contributed by atoms with Gasteiger partial charge in [0, 0.05) is 23.6 Å². The molecule has 0 aliphatic carbocycles. The molecule has 110 valence electrons. The average Bonchev–Trinajstić information content (AvgIpc) is 2.88. The summed E-state index contributed by atoms with van der Waals surface area (Å²) in [6.45, 7) is 7.31. The fourth-order valence-electron chi connectivity index (χ4n) is 2.50. The Hall–Kier alpha value is -0.580. The van der Waals surface area contributed by atoms with Gasteiger partial charge in [0.25, 0.3) is 5.91 Å². The zero-order chi connectivity index (χ0) is 14.7. The lowest BCUT2D eigenvalue weighted by atomic mass is 10.1. The number of likely N-dealkylation sites (tertiary alicyclic amines) is 1. The first-order valence-electron chi connectivity index (χ1n) is 6.94. The molecule has 1 N–H and O–H groups in total. The lowest BCUT2D eigenvalue weighted by molar-refractivity contribution is 0.0947. The van der Waals surface area contributed by atoms with Crippen molar-refractivity contribution in [2.45, 2.75) is 26.3 Å². The van der Waals surface area contributed by atoms with Crippen molar-refractivity contribution in [1.82, 2.24) is 10.2 Å². The van der Waals surface area contributed by atoms with Crippen molar-refractivity contribution >= 4 is 33.4 Å². The van der Waals surface area contributed by atoms with E-state index in [0.717, 1.165) is 24.0 Å². The van der Waals surface area contributed by atoms with Gasteiger partial charge in [-0.25, -0.2) is 0 Å². The van der Waals surface area contributed by atoms with Crippen LogP contribution in [-0.4, -0.2) is 36.5 Å². The van der Waals surface area contributed by atoms with E-state index in [9.17, 15) is 4.79 Å². The number of amides is 1. The van der Waals surface area contributed by atoms with Crippen LogP contribution in [0, 0.1) is 5.92 Å². The van der Waals surface area contributed by atoms with Gasteiger partial charge in [0.05, 0.1) is 10.6 Å². The standard InChI is InChI=1S/C15H20BrClN2O/c1-10(2)19-6-5-11(9-19)8-18-15(20)13-7-12(16)3-4-14(13)17/h3-4,7,10-11H,5-6,8-9H2,1-2H3,(H,18,20)/t11-/m1/s1. The third kappa shape index (κ3) is 3.96.